The number of nitrogens with two attached hydrogens (primary N) is 1. The van der Waals surface area contributed by atoms with Crippen LogP contribution in [0.15, 0.2) is 29.4 Å². The number of carbonyl (C=O) groups is 1. The first-order chi connectivity index (χ1) is 8.17. The first-order valence-corrected chi connectivity index (χ1v) is 4.55. The summed E-state index contributed by atoms with van der Waals surface area (Å²) >= 11 is 0. The summed E-state index contributed by atoms with van der Waals surface area (Å²) in [5, 5.41) is 20.7. The maximum atomic E-state index is 10.4. The minimum absolute atomic E-state index is 0.478. The number of oxime groups is 1. The fourth-order valence-corrected chi connectivity index (χ4v) is 1.03. The molecule has 0 spiro atoms. The molecule has 1 atom stereocenters. The van der Waals surface area contributed by atoms with Crippen LogP contribution in [0.1, 0.15) is 17.2 Å². The molecule has 1 unspecified atom stereocenters. The zero-order chi connectivity index (χ0) is 12.7. The minimum Gasteiger partial charge on any atom is -0.372 e. The van der Waals surface area contributed by atoms with Gasteiger partial charge in [0.15, 0.2) is 0 Å². The lowest BCUT2D eigenvalue weighted by Gasteiger charge is -2.06. The highest BCUT2D eigenvalue weighted by Gasteiger charge is 2.11. The Balaban J connectivity index is 2.77. The third-order valence-electron chi connectivity index (χ3n) is 1.81. The Hall–Kier alpha value is -2.86. The summed E-state index contributed by atoms with van der Waals surface area (Å²) in [4.78, 5) is 15.1. The number of nitriles is 2. The Morgan fingerprint density at radius 2 is 2.06 bits per heavy atom. The van der Waals surface area contributed by atoms with Crippen LogP contribution in [0.4, 0.5) is 0 Å². The third-order valence-corrected chi connectivity index (χ3v) is 1.81. The summed E-state index contributed by atoms with van der Waals surface area (Å²) in [6.07, 6.45) is -0.174. The molecule has 2 N–H and O–H groups in total. The van der Waals surface area contributed by atoms with Crippen molar-refractivity contribution in [3.05, 3.63) is 35.4 Å². The van der Waals surface area contributed by atoms with Gasteiger partial charge in [-0.05, 0) is 12.1 Å². The number of rotatable bonds is 4. The van der Waals surface area contributed by atoms with Crippen molar-refractivity contribution in [2.24, 2.45) is 10.9 Å². The molecule has 0 saturated heterocycles. The number of nitrogens with zero attached hydrogens (tertiary/aromatic N) is 3. The molecule has 0 aliphatic heterocycles. The lowest BCUT2D eigenvalue weighted by atomic mass is 10.1. The van der Waals surface area contributed by atoms with E-state index in [0.29, 0.717) is 11.1 Å². The molecule has 0 radical (unpaired) electrons. The smallest absolute Gasteiger partial charge is 0.263 e. The molecule has 1 aromatic rings. The summed E-state index contributed by atoms with van der Waals surface area (Å²) in [5.74, 6) is -0.762. The quantitative estimate of drug-likeness (QED) is 0.600. The van der Waals surface area contributed by atoms with E-state index < -0.39 is 12.0 Å². The van der Waals surface area contributed by atoms with Crippen LogP contribution in [0.25, 0.3) is 0 Å². The molecular weight excluding hydrogens is 220 g/mol. The van der Waals surface area contributed by atoms with E-state index in [4.69, 9.17) is 21.1 Å². The van der Waals surface area contributed by atoms with Gasteiger partial charge >= 0.3 is 0 Å². The molecule has 0 bridgehead atoms. The van der Waals surface area contributed by atoms with E-state index in [1.165, 1.54) is 0 Å². The summed E-state index contributed by atoms with van der Waals surface area (Å²) in [6.45, 7) is 0. The van der Waals surface area contributed by atoms with Crippen molar-refractivity contribution in [2.45, 2.75) is 6.10 Å². The molecule has 6 heteroatoms. The van der Waals surface area contributed by atoms with Gasteiger partial charge in [-0.3, -0.25) is 4.79 Å². The molecular formula is C11H8N4O2. The maximum absolute atomic E-state index is 10.4. The predicted octanol–water partition coefficient (Wildman–Crippen LogP) is 0.611. The Kier molecular flexibility index (Phi) is 4.23. The van der Waals surface area contributed by atoms with E-state index in [0.717, 1.165) is 6.21 Å². The van der Waals surface area contributed by atoms with Crippen molar-refractivity contribution < 1.29 is 9.63 Å². The van der Waals surface area contributed by atoms with Gasteiger partial charge in [-0.25, -0.2) is 0 Å². The van der Waals surface area contributed by atoms with Gasteiger partial charge in [0.1, 0.15) is 12.3 Å². The second kappa shape index (κ2) is 5.89. The number of hydrogen-bond donors (Lipinski definition) is 1. The summed E-state index contributed by atoms with van der Waals surface area (Å²) in [5.41, 5.74) is 5.82. The largest absolute Gasteiger partial charge is 0.372 e. The third kappa shape index (κ3) is 3.65. The van der Waals surface area contributed by atoms with Crippen molar-refractivity contribution in [3.8, 4) is 12.1 Å². The van der Waals surface area contributed by atoms with E-state index in [1.54, 1.807) is 24.3 Å². The maximum Gasteiger partial charge on any atom is 0.263 e. The van der Waals surface area contributed by atoms with Crippen molar-refractivity contribution in [1.29, 1.82) is 10.5 Å². The fraction of sp³-hybridized carbons (Fsp3) is 0.0909. The summed E-state index contributed by atoms with van der Waals surface area (Å²) in [6, 6.07) is 10.1. The number of hydrogen-bond acceptors (Lipinski definition) is 5. The summed E-state index contributed by atoms with van der Waals surface area (Å²) < 4.78 is 0. The molecule has 17 heavy (non-hydrogen) atoms. The number of carbonyl (C=O) groups excluding carboxylic acids is 1. The average Bonchev–Trinajstić information content (AvgIpc) is 2.34. The van der Waals surface area contributed by atoms with Gasteiger partial charge in [-0.1, -0.05) is 17.3 Å². The van der Waals surface area contributed by atoms with E-state index >= 15 is 0 Å². The van der Waals surface area contributed by atoms with Crippen molar-refractivity contribution in [1.82, 2.24) is 0 Å². The van der Waals surface area contributed by atoms with Gasteiger partial charge in [0, 0.05) is 5.56 Å². The highest BCUT2D eigenvalue weighted by Crippen LogP contribution is 2.17. The SMILES string of the molecule is N#Cc1ccc(C(C#N)O/N=C/C(N)=O)cc1. The molecule has 0 fully saturated rings. The zero-order valence-corrected chi connectivity index (χ0v) is 8.70. The van der Waals surface area contributed by atoms with Crippen LogP contribution in [0.5, 0.6) is 0 Å². The molecule has 0 heterocycles. The highest BCUT2D eigenvalue weighted by atomic mass is 16.6. The number of primary amides is 1. The average molecular weight is 228 g/mol. The lowest BCUT2D eigenvalue weighted by Crippen LogP contribution is -2.12. The summed E-state index contributed by atoms with van der Waals surface area (Å²) in [7, 11) is 0. The van der Waals surface area contributed by atoms with Gasteiger partial charge in [0.05, 0.1) is 11.6 Å². The molecule has 0 aliphatic carbocycles. The molecule has 84 valence electrons. The van der Waals surface area contributed by atoms with Gasteiger partial charge in [-0.2, -0.15) is 10.5 Å². The highest BCUT2D eigenvalue weighted by molar-refractivity contribution is 6.25. The van der Waals surface area contributed by atoms with Crippen LogP contribution in [0.3, 0.4) is 0 Å². The number of amides is 1. The Morgan fingerprint density at radius 1 is 1.41 bits per heavy atom. The van der Waals surface area contributed by atoms with Crippen molar-refractivity contribution in [2.75, 3.05) is 0 Å². The van der Waals surface area contributed by atoms with Crippen LogP contribution < -0.4 is 5.73 Å². The molecule has 1 rings (SSSR count). The monoisotopic (exact) mass is 228 g/mol. The Bertz CT molecular complexity index is 508. The van der Waals surface area contributed by atoms with E-state index in [-0.39, 0.29) is 0 Å². The second-order valence-corrected chi connectivity index (χ2v) is 2.99. The predicted molar refractivity (Wildman–Crippen MR) is 58.3 cm³/mol. The first-order valence-electron chi connectivity index (χ1n) is 4.55. The number of benzene rings is 1. The molecule has 1 aromatic carbocycles. The second-order valence-electron chi connectivity index (χ2n) is 2.99. The minimum atomic E-state index is -0.946. The van der Waals surface area contributed by atoms with Crippen LogP contribution >= 0.6 is 0 Å². The molecule has 6 nitrogen and oxygen atoms in total. The Morgan fingerprint density at radius 3 is 2.53 bits per heavy atom. The van der Waals surface area contributed by atoms with E-state index in [2.05, 4.69) is 5.16 Å². The van der Waals surface area contributed by atoms with Crippen molar-refractivity contribution in [3.63, 3.8) is 0 Å². The van der Waals surface area contributed by atoms with Crippen LogP contribution in [-0.2, 0) is 9.63 Å². The van der Waals surface area contributed by atoms with Gasteiger partial charge in [0.2, 0.25) is 6.10 Å². The van der Waals surface area contributed by atoms with Gasteiger partial charge < -0.3 is 10.6 Å². The normalized spacial score (nSPS) is 11.4. The van der Waals surface area contributed by atoms with Crippen LogP contribution in [-0.4, -0.2) is 12.1 Å². The molecule has 0 saturated carbocycles. The van der Waals surface area contributed by atoms with Gasteiger partial charge in [0.25, 0.3) is 5.91 Å². The topological polar surface area (TPSA) is 112 Å². The Labute approximate surface area is 97.5 Å². The van der Waals surface area contributed by atoms with Gasteiger partial charge in [-0.15, -0.1) is 0 Å². The fourth-order valence-electron chi connectivity index (χ4n) is 1.03. The van der Waals surface area contributed by atoms with E-state index in [9.17, 15) is 4.79 Å². The zero-order valence-electron chi connectivity index (χ0n) is 8.70. The standard InChI is InChI=1S/C11H8N4O2/c12-5-8-1-3-9(4-2-8)10(6-13)17-15-7-11(14)16/h1-4,7,10H,(H2,14,16)/b15-7+. The molecule has 0 aromatic heterocycles. The van der Waals surface area contributed by atoms with Crippen LogP contribution in [0, 0.1) is 22.7 Å². The molecule has 0 aliphatic rings. The van der Waals surface area contributed by atoms with Crippen molar-refractivity contribution >= 4 is 12.1 Å². The lowest BCUT2D eigenvalue weighted by molar-refractivity contribution is -0.111. The molecule has 1 amide bonds. The first kappa shape index (κ1) is 12.2. The van der Waals surface area contributed by atoms with E-state index in [1.807, 2.05) is 12.1 Å². The van der Waals surface area contributed by atoms with Crippen LogP contribution in [0.2, 0.25) is 0 Å².